The third kappa shape index (κ3) is 4.45. The third-order valence-corrected chi connectivity index (χ3v) is 4.53. The highest BCUT2D eigenvalue weighted by atomic mass is 35.5. The molecule has 0 bridgehead atoms. The molecule has 1 saturated heterocycles. The number of carbonyl (C=O) groups is 1. The number of ether oxygens (including phenoxy) is 1. The van der Waals surface area contributed by atoms with Crippen molar-refractivity contribution in [2.45, 2.75) is 32.4 Å². The fraction of sp³-hybridized carbons (Fsp3) is 0.588. The van der Waals surface area contributed by atoms with Crippen LogP contribution in [0.15, 0.2) is 24.3 Å². The summed E-state index contributed by atoms with van der Waals surface area (Å²) in [4.78, 5) is 16.9. The number of hydrogen-bond acceptors (Lipinski definition) is 3. The van der Waals surface area contributed by atoms with Crippen LogP contribution < -0.4 is 0 Å². The maximum Gasteiger partial charge on any atom is 0.227 e. The summed E-state index contributed by atoms with van der Waals surface area (Å²) in [5.41, 5.74) is 1.01. The summed E-state index contributed by atoms with van der Waals surface area (Å²) in [6, 6.07) is 8.21. The Morgan fingerprint density at radius 1 is 1.23 bits per heavy atom. The highest BCUT2D eigenvalue weighted by Crippen LogP contribution is 2.17. The van der Waals surface area contributed by atoms with E-state index in [9.17, 15) is 4.79 Å². The van der Waals surface area contributed by atoms with Crippen molar-refractivity contribution in [2.24, 2.45) is 0 Å². The van der Waals surface area contributed by atoms with E-state index in [0.29, 0.717) is 23.5 Å². The molecule has 22 heavy (non-hydrogen) atoms. The molecule has 0 aliphatic carbocycles. The molecule has 1 fully saturated rings. The van der Waals surface area contributed by atoms with Gasteiger partial charge >= 0.3 is 0 Å². The van der Waals surface area contributed by atoms with Gasteiger partial charge in [0.25, 0.3) is 0 Å². The van der Waals surface area contributed by atoms with Gasteiger partial charge in [0.1, 0.15) is 0 Å². The highest BCUT2D eigenvalue weighted by Gasteiger charge is 2.31. The molecule has 0 radical (unpaired) electrons. The lowest BCUT2D eigenvalue weighted by Gasteiger charge is -2.44. The lowest BCUT2D eigenvalue weighted by atomic mass is 10.1. The maximum absolute atomic E-state index is 12.5. The smallest absolute Gasteiger partial charge is 0.227 e. The molecule has 4 nitrogen and oxygen atoms in total. The van der Waals surface area contributed by atoms with E-state index in [1.165, 1.54) is 0 Å². The van der Waals surface area contributed by atoms with E-state index in [4.69, 9.17) is 16.3 Å². The van der Waals surface area contributed by atoms with E-state index >= 15 is 0 Å². The zero-order valence-corrected chi connectivity index (χ0v) is 14.3. The van der Waals surface area contributed by atoms with Crippen molar-refractivity contribution in [2.75, 3.05) is 33.4 Å². The van der Waals surface area contributed by atoms with Crippen LogP contribution in [0.1, 0.15) is 19.4 Å². The summed E-state index contributed by atoms with van der Waals surface area (Å²) < 4.78 is 5.17. The van der Waals surface area contributed by atoms with Crippen LogP contribution in [0.3, 0.4) is 0 Å². The Bertz CT molecular complexity index is 480. The molecular weight excluding hydrogens is 300 g/mol. The number of carbonyl (C=O) groups excluding carboxylic acids is 1. The first kappa shape index (κ1) is 17.3. The van der Waals surface area contributed by atoms with Gasteiger partial charge in [-0.2, -0.15) is 0 Å². The number of nitrogens with zero attached hydrogens (tertiary/aromatic N) is 2. The van der Waals surface area contributed by atoms with Gasteiger partial charge in [-0.3, -0.25) is 9.69 Å². The largest absolute Gasteiger partial charge is 0.383 e. The fourth-order valence-corrected chi connectivity index (χ4v) is 3.21. The summed E-state index contributed by atoms with van der Waals surface area (Å²) in [7, 11) is 1.72. The average Bonchev–Trinajstić information content (AvgIpc) is 2.48. The molecule has 0 spiro atoms. The molecule has 1 aliphatic heterocycles. The van der Waals surface area contributed by atoms with Gasteiger partial charge in [-0.25, -0.2) is 0 Å². The first-order chi connectivity index (χ1) is 10.5. The van der Waals surface area contributed by atoms with E-state index in [2.05, 4.69) is 18.7 Å². The Morgan fingerprint density at radius 2 is 1.82 bits per heavy atom. The van der Waals surface area contributed by atoms with Gasteiger partial charge in [0.15, 0.2) is 0 Å². The average molecular weight is 325 g/mol. The molecule has 0 N–H and O–H groups in total. The standard InChI is InChI=1S/C17H25ClN2O2/c1-13-11-19(12-14(2)20(13)8-9-22-3)17(21)10-15-4-6-16(18)7-5-15/h4-7,13-14H,8-12H2,1-3H3. The van der Waals surface area contributed by atoms with Crippen LogP contribution in [0.5, 0.6) is 0 Å². The van der Waals surface area contributed by atoms with E-state index in [-0.39, 0.29) is 5.91 Å². The summed E-state index contributed by atoms with van der Waals surface area (Å²) in [5.74, 6) is 0.187. The Labute approximate surface area is 138 Å². The quantitative estimate of drug-likeness (QED) is 0.834. The van der Waals surface area contributed by atoms with Crippen LogP contribution in [0.2, 0.25) is 5.02 Å². The molecule has 1 amide bonds. The predicted molar refractivity (Wildman–Crippen MR) is 89.2 cm³/mol. The molecule has 1 aromatic carbocycles. The Morgan fingerprint density at radius 3 is 2.36 bits per heavy atom. The molecule has 1 aliphatic rings. The lowest BCUT2D eigenvalue weighted by molar-refractivity contribution is -0.135. The summed E-state index contributed by atoms with van der Waals surface area (Å²) in [5, 5.41) is 0.699. The van der Waals surface area contributed by atoms with Crippen LogP contribution in [0, 0.1) is 0 Å². The number of amides is 1. The first-order valence-electron chi connectivity index (χ1n) is 7.78. The van der Waals surface area contributed by atoms with E-state index < -0.39 is 0 Å². The van der Waals surface area contributed by atoms with Crippen molar-refractivity contribution in [3.63, 3.8) is 0 Å². The van der Waals surface area contributed by atoms with Crippen LogP contribution in [0.4, 0.5) is 0 Å². The Kier molecular flexibility index (Phi) is 6.24. The molecule has 1 heterocycles. The van der Waals surface area contributed by atoms with Crippen molar-refractivity contribution < 1.29 is 9.53 Å². The molecule has 122 valence electrons. The summed E-state index contributed by atoms with van der Waals surface area (Å²) in [6.07, 6.45) is 0.439. The molecule has 5 heteroatoms. The monoisotopic (exact) mass is 324 g/mol. The Balaban J connectivity index is 1.93. The predicted octanol–water partition coefficient (Wildman–Crippen LogP) is 2.45. The fourth-order valence-electron chi connectivity index (χ4n) is 3.09. The molecule has 2 rings (SSSR count). The van der Waals surface area contributed by atoms with Gasteiger partial charge in [0.05, 0.1) is 13.0 Å². The van der Waals surface area contributed by atoms with Gasteiger partial charge in [-0.05, 0) is 31.5 Å². The lowest BCUT2D eigenvalue weighted by Crippen LogP contribution is -2.58. The minimum Gasteiger partial charge on any atom is -0.383 e. The SMILES string of the molecule is COCCN1C(C)CN(C(=O)Cc2ccc(Cl)cc2)CC1C. The minimum absolute atomic E-state index is 0.187. The molecule has 2 unspecified atom stereocenters. The van der Waals surface area contributed by atoms with Gasteiger partial charge in [0, 0.05) is 43.9 Å². The van der Waals surface area contributed by atoms with Crippen LogP contribution in [-0.2, 0) is 16.0 Å². The number of methoxy groups -OCH3 is 1. The van der Waals surface area contributed by atoms with E-state index in [0.717, 1.165) is 31.8 Å². The highest BCUT2D eigenvalue weighted by molar-refractivity contribution is 6.30. The van der Waals surface area contributed by atoms with E-state index in [1.54, 1.807) is 7.11 Å². The first-order valence-corrected chi connectivity index (χ1v) is 8.16. The van der Waals surface area contributed by atoms with Gasteiger partial charge in [-0.1, -0.05) is 23.7 Å². The van der Waals surface area contributed by atoms with Gasteiger partial charge in [-0.15, -0.1) is 0 Å². The second-order valence-corrected chi connectivity index (χ2v) is 6.47. The topological polar surface area (TPSA) is 32.8 Å². The number of halogens is 1. The van der Waals surface area contributed by atoms with Crippen LogP contribution in [-0.4, -0.2) is 61.1 Å². The minimum atomic E-state index is 0.187. The second-order valence-electron chi connectivity index (χ2n) is 6.03. The van der Waals surface area contributed by atoms with Crippen molar-refractivity contribution >= 4 is 17.5 Å². The van der Waals surface area contributed by atoms with Crippen LogP contribution >= 0.6 is 11.6 Å². The van der Waals surface area contributed by atoms with Gasteiger partial charge in [0.2, 0.25) is 5.91 Å². The zero-order chi connectivity index (χ0) is 16.1. The van der Waals surface area contributed by atoms with Crippen molar-refractivity contribution in [3.8, 4) is 0 Å². The molecule has 0 saturated carbocycles. The van der Waals surface area contributed by atoms with Crippen molar-refractivity contribution in [3.05, 3.63) is 34.9 Å². The van der Waals surface area contributed by atoms with Crippen LogP contribution in [0.25, 0.3) is 0 Å². The van der Waals surface area contributed by atoms with Crippen molar-refractivity contribution in [1.29, 1.82) is 0 Å². The number of piperazine rings is 1. The number of hydrogen-bond donors (Lipinski definition) is 0. The maximum atomic E-state index is 12.5. The summed E-state index contributed by atoms with van der Waals surface area (Å²) >= 11 is 5.88. The van der Waals surface area contributed by atoms with Gasteiger partial charge < -0.3 is 9.64 Å². The summed E-state index contributed by atoms with van der Waals surface area (Å²) in [6.45, 7) is 7.55. The molecule has 1 aromatic rings. The second kappa shape index (κ2) is 7.95. The number of benzene rings is 1. The zero-order valence-electron chi connectivity index (χ0n) is 13.6. The Hall–Kier alpha value is -1.10. The number of rotatable bonds is 5. The van der Waals surface area contributed by atoms with Crippen molar-refractivity contribution in [1.82, 2.24) is 9.80 Å². The molecule has 2 atom stereocenters. The van der Waals surface area contributed by atoms with E-state index in [1.807, 2.05) is 29.2 Å². The molecule has 0 aromatic heterocycles. The normalized spacial score (nSPS) is 22.8. The third-order valence-electron chi connectivity index (χ3n) is 4.28. The molecular formula is C17H25ClN2O2.